The Labute approximate surface area is 328 Å². The van der Waals surface area contributed by atoms with Crippen molar-refractivity contribution >= 4 is 0 Å². The Morgan fingerprint density at radius 3 is 1.70 bits per heavy atom. The monoisotopic (exact) mass is 723 g/mol. The van der Waals surface area contributed by atoms with Gasteiger partial charge in [-0.2, -0.15) is 0 Å². The van der Waals surface area contributed by atoms with Gasteiger partial charge in [0.1, 0.15) is 11.5 Å². The fourth-order valence-corrected chi connectivity index (χ4v) is 8.84. The molecule has 270 valence electrons. The molecule has 0 aromatic heterocycles. The topological polar surface area (TPSA) is 59.3 Å². The van der Waals surface area contributed by atoms with Crippen LogP contribution in [0.25, 0.3) is 33.4 Å². The summed E-state index contributed by atoms with van der Waals surface area (Å²) < 4.78 is 6.52. The quantitative estimate of drug-likeness (QED) is 0.130. The van der Waals surface area contributed by atoms with E-state index in [1.807, 2.05) is 12.1 Å². The van der Waals surface area contributed by atoms with Gasteiger partial charge < -0.3 is 10.5 Å². The molecule has 0 saturated heterocycles. The number of ether oxygens (including phenoxy) is 1. The van der Waals surface area contributed by atoms with Crippen LogP contribution in [0.3, 0.4) is 0 Å². The molecule has 56 heavy (non-hydrogen) atoms. The summed E-state index contributed by atoms with van der Waals surface area (Å²) in [5.41, 5.74) is 21.9. The number of hydrogen-bond acceptors (Lipinski definition) is 4. The smallest absolute Gasteiger partial charge is 0.132 e. The minimum Gasteiger partial charge on any atom is -0.457 e. The second kappa shape index (κ2) is 14.3. The van der Waals surface area contributed by atoms with Crippen molar-refractivity contribution in [2.24, 2.45) is 5.73 Å². The predicted octanol–water partition coefficient (Wildman–Crippen LogP) is 11.5. The largest absolute Gasteiger partial charge is 0.457 e. The highest BCUT2D eigenvalue weighted by atomic mass is 16.5. The first-order valence-corrected chi connectivity index (χ1v) is 19.3. The van der Waals surface area contributed by atoms with Gasteiger partial charge in [0.05, 0.1) is 17.7 Å². The van der Waals surface area contributed by atoms with Gasteiger partial charge in [-0.05, 0) is 91.5 Å². The van der Waals surface area contributed by atoms with Gasteiger partial charge in [-0.25, -0.2) is 0 Å². The summed E-state index contributed by atoms with van der Waals surface area (Å²) in [5, 5.41) is 7.34. The number of rotatable bonds is 9. The van der Waals surface area contributed by atoms with E-state index in [1.54, 1.807) is 0 Å². The Morgan fingerprint density at radius 2 is 0.982 bits per heavy atom. The molecule has 1 aliphatic heterocycles. The van der Waals surface area contributed by atoms with E-state index >= 15 is 0 Å². The lowest BCUT2D eigenvalue weighted by Crippen LogP contribution is -2.39. The van der Waals surface area contributed by atoms with Crippen LogP contribution in [-0.2, 0) is 12.0 Å². The van der Waals surface area contributed by atoms with E-state index in [0.29, 0.717) is 0 Å². The van der Waals surface area contributed by atoms with Gasteiger partial charge in [0.25, 0.3) is 0 Å². The van der Waals surface area contributed by atoms with Crippen molar-refractivity contribution in [1.29, 1.82) is 0 Å². The summed E-state index contributed by atoms with van der Waals surface area (Å²) in [6.45, 7) is 0.719. The fraction of sp³-hybridized carbons (Fsp3) is 0.0769. The zero-order chi connectivity index (χ0) is 37.5. The van der Waals surface area contributed by atoms with Gasteiger partial charge in [-0.15, -0.1) is 0 Å². The zero-order valence-electron chi connectivity index (χ0n) is 30.9. The van der Waals surface area contributed by atoms with Crippen molar-refractivity contribution in [1.82, 2.24) is 10.6 Å². The third-order valence-corrected chi connectivity index (χ3v) is 11.5. The first-order valence-electron chi connectivity index (χ1n) is 19.3. The molecule has 8 aromatic rings. The van der Waals surface area contributed by atoms with Crippen LogP contribution in [-0.4, -0.2) is 0 Å². The van der Waals surface area contributed by atoms with Crippen molar-refractivity contribution in [2.75, 3.05) is 0 Å². The van der Waals surface area contributed by atoms with Gasteiger partial charge in [-0.1, -0.05) is 170 Å². The van der Waals surface area contributed by atoms with E-state index in [1.165, 1.54) is 50.1 Å². The van der Waals surface area contributed by atoms with E-state index in [-0.39, 0.29) is 6.17 Å². The second-order valence-corrected chi connectivity index (χ2v) is 14.7. The molecule has 2 unspecified atom stereocenters. The van der Waals surface area contributed by atoms with E-state index in [9.17, 15) is 0 Å². The predicted molar refractivity (Wildman–Crippen MR) is 227 cm³/mol. The molecule has 1 aliphatic carbocycles. The van der Waals surface area contributed by atoms with Crippen molar-refractivity contribution in [2.45, 2.75) is 24.3 Å². The van der Waals surface area contributed by atoms with Crippen LogP contribution in [0.2, 0.25) is 0 Å². The van der Waals surface area contributed by atoms with Gasteiger partial charge in [0.2, 0.25) is 0 Å². The van der Waals surface area contributed by atoms with Crippen LogP contribution in [0, 0.1) is 0 Å². The van der Waals surface area contributed by atoms with Crippen LogP contribution < -0.4 is 21.1 Å². The Hall–Kier alpha value is -6.56. The standard InChI is InChI=1S/C52H41N3O/c53-50(55-51(36-17-5-2-6-18-36)54-34-35-15-3-1-4-16-35)41-22-14-21-39(32-41)37-19-13-20-38(31-37)40-29-30-45-43(33-40)42-23-7-8-24-44(42)52(45)46-25-9-11-27-48(46)56-49-28-12-10-26-47(49)52/h1-33,50-51,54-55H,34,53H2. The van der Waals surface area contributed by atoms with Crippen molar-refractivity contribution in [3.05, 3.63) is 239 Å². The van der Waals surface area contributed by atoms with Gasteiger partial charge in [0, 0.05) is 17.7 Å². The third-order valence-electron chi connectivity index (χ3n) is 11.5. The number of nitrogens with one attached hydrogen (secondary N) is 2. The van der Waals surface area contributed by atoms with Crippen molar-refractivity contribution < 1.29 is 4.74 Å². The first-order chi connectivity index (χ1) is 27.7. The molecule has 0 bridgehead atoms. The maximum Gasteiger partial charge on any atom is 0.132 e. The molecule has 4 N–H and O–H groups in total. The Balaban J connectivity index is 0.980. The number of para-hydroxylation sites is 2. The Bertz CT molecular complexity index is 2640. The minimum absolute atomic E-state index is 0.134. The highest BCUT2D eigenvalue weighted by Gasteiger charge is 2.50. The molecular formula is C52H41N3O. The molecule has 0 fully saturated rings. The second-order valence-electron chi connectivity index (χ2n) is 14.7. The normalized spacial score (nSPS) is 14.2. The number of nitrogens with two attached hydrogens (primary N) is 1. The lowest BCUT2D eigenvalue weighted by atomic mass is 9.66. The maximum absolute atomic E-state index is 6.92. The summed E-state index contributed by atoms with van der Waals surface area (Å²) in [7, 11) is 0. The molecule has 2 aliphatic rings. The summed E-state index contributed by atoms with van der Waals surface area (Å²) >= 11 is 0. The average molecular weight is 724 g/mol. The van der Waals surface area contributed by atoms with Gasteiger partial charge in [-0.3, -0.25) is 10.6 Å². The Morgan fingerprint density at radius 1 is 0.446 bits per heavy atom. The number of fused-ring (bicyclic) bond motifs is 9. The van der Waals surface area contributed by atoms with E-state index in [0.717, 1.165) is 40.3 Å². The summed E-state index contributed by atoms with van der Waals surface area (Å²) in [6, 6.07) is 71.2. The average Bonchev–Trinajstić information content (AvgIpc) is 3.56. The van der Waals surface area contributed by atoms with Gasteiger partial charge >= 0.3 is 0 Å². The van der Waals surface area contributed by atoms with Crippen LogP contribution in [0.1, 0.15) is 51.3 Å². The molecule has 0 saturated carbocycles. The molecule has 2 atom stereocenters. The molecule has 1 spiro atoms. The van der Waals surface area contributed by atoms with Crippen LogP contribution >= 0.6 is 0 Å². The first kappa shape index (κ1) is 34.0. The van der Waals surface area contributed by atoms with Crippen molar-refractivity contribution in [3.8, 4) is 44.9 Å². The minimum atomic E-state index is -0.471. The van der Waals surface area contributed by atoms with Crippen LogP contribution in [0.5, 0.6) is 11.5 Å². The molecule has 4 nitrogen and oxygen atoms in total. The molecule has 0 amide bonds. The maximum atomic E-state index is 6.92. The molecule has 10 rings (SSSR count). The number of hydrogen-bond donors (Lipinski definition) is 3. The van der Waals surface area contributed by atoms with E-state index in [4.69, 9.17) is 10.5 Å². The highest BCUT2D eigenvalue weighted by Crippen LogP contribution is 2.62. The molecule has 8 aromatic carbocycles. The molecule has 4 heteroatoms. The van der Waals surface area contributed by atoms with E-state index < -0.39 is 11.6 Å². The van der Waals surface area contributed by atoms with E-state index in [2.05, 4.69) is 199 Å². The number of benzene rings is 8. The Kier molecular flexibility index (Phi) is 8.65. The lowest BCUT2D eigenvalue weighted by molar-refractivity contribution is 0.386. The fourth-order valence-electron chi connectivity index (χ4n) is 8.84. The SMILES string of the molecule is NC(NC(NCc1ccccc1)c1ccccc1)c1cccc(-c2cccc(-c3ccc4c(c3)-c3ccccc3C43c4ccccc4Oc4ccccc43)c2)c1. The summed E-state index contributed by atoms with van der Waals surface area (Å²) in [5.74, 6) is 1.81. The summed E-state index contributed by atoms with van der Waals surface area (Å²) in [6.07, 6.45) is -0.526. The van der Waals surface area contributed by atoms with Crippen molar-refractivity contribution in [3.63, 3.8) is 0 Å². The van der Waals surface area contributed by atoms with Gasteiger partial charge in [0.15, 0.2) is 0 Å². The van der Waals surface area contributed by atoms with Crippen LogP contribution in [0.15, 0.2) is 200 Å². The molecule has 1 heterocycles. The third kappa shape index (κ3) is 5.83. The zero-order valence-corrected chi connectivity index (χ0v) is 30.9. The van der Waals surface area contributed by atoms with Crippen LogP contribution in [0.4, 0.5) is 0 Å². The summed E-state index contributed by atoms with van der Waals surface area (Å²) in [4.78, 5) is 0. The highest BCUT2D eigenvalue weighted by molar-refractivity contribution is 5.91. The molecule has 0 radical (unpaired) electrons. The molecular weight excluding hydrogens is 683 g/mol. The lowest BCUT2D eigenvalue weighted by Gasteiger charge is -2.39.